The molecule has 3 rings (SSSR count). The number of carbonyl (C=O) groups excluding carboxylic acids is 1. The van der Waals surface area contributed by atoms with Gasteiger partial charge in [0.15, 0.2) is 0 Å². The van der Waals surface area contributed by atoms with Gasteiger partial charge in [-0.25, -0.2) is 4.79 Å². The minimum atomic E-state index is -0.126. The average molecular weight is 325 g/mol. The molecular formula is C14H23N5O2S. The van der Waals surface area contributed by atoms with Crippen LogP contribution in [0.2, 0.25) is 0 Å². The minimum Gasteiger partial charge on any atom is -0.379 e. The summed E-state index contributed by atoms with van der Waals surface area (Å²) in [5, 5.41) is 12.6. The quantitative estimate of drug-likeness (QED) is 0.731. The molecule has 3 N–H and O–H groups in total. The third kappa shape index (κ3) is 3.74. The second kappa shape index (κ2) is 7.34. The van der Waals surface area contributed by atoms with Crippen molar-refractivity contribution in [1.82, 2.24) is 25.7 Å². The molecule has 7 nitrogen and oxygen atoms in total. The van der Waals surface area contributed by atoms with Gasteiger partial charge in [-0.15, -0.1) is 0 Å². The van der Waals surface area contributed by atoms with Gasteiger partial charge in [-0.05, 0) is 18.2 Å². The SMILES string of the molecule is O=C(NCc1ccn[nH]1)NC[C@@]1(N2CCOCC2)CCSC1. The number of ether oxygens (including phenoxy) is 1. The summed E-state index contributed by atoms with van der Waals surface area (Å²) in [6.07, 6.45) is 2.80. The number of carbonyl (C=O) groups is 1. The van der Waals surface area contributed by atoms with E-state index in [0.717, 1.165) is 49.9 Å². The molecule has 0 spiro atoms. The van der Waals surface area contributed by atoms with Gasteiger partial charge in [0, 0.05) is 37.1 Å². The van der Waals surface area contributed by atoms with E-state index in [1.54, 1.807) is 6.20 Å². The highest BCUT2D eigenvalue weighted by Crippen LogP contribution is 2.33. The molecule has 0 radical (unpaired) electrons. The zero-order valence-corrected chi connectivity index (χ0v) is 13.5. The van der Waals surface area contributed by atoms with Crippen molar-refractivity contribution in [3.63, 3.8) is 0 Å². The van der Waals surface area contributed by atoms with Crippen LogP contribution in [0.4, 0.5) is 4.79 Å². The monoisotopic (exact) mass is 325 g/mol. The van der Waals surface area contributed by atoms with Gasteiger partial charge in [0.05, 0.1) is 25.5 Å². The third-order valence-electron chi connectivity index (χ3n) is 4.34. The number of amides is 2. The van der Waals surface area contributed by atoms with E-state index in [-0.39, 0.29) is 11.6 Å². The molecule has 8 heteroatoms. The molecule has 2 aliphatic heterocycles. The Balaban J connectivity index is 1.49. The summed E-state index contributed by atoms with van der Waals surface area (Å²) in [5.41, 5.74) is 0.981. The average Bonchev–Trinajstić information content (AvgIpc) is 3.24. The number of hydrogen-bond donors (Lipinski definition) is 3. The van der Waals surface area contributed by atoms with Gasteiger partial charge >= 0.3 is 6.03 Å². The molecule has 1 aromatic rings. The number of morpholine rings is 1. The first kappa shape index (κ1) is 15.6. The number of nitrogens with zero attached hydrogens (tertiary/aromatic N) is 2. The van der Waals surface area contributed by atoms with E-state index in [9.17, 15) is 4.79 Å². The van der Waals surface area contributed by atoms with Gasteiger partial charge in [0.25, 0.3) is 0 Å². The van der Waals surface area contributed by atoms with E-state index in [4.69, 9.17) is 4.74 Å². The van der Waals surface area contributed by atoms with E-state index in [1.807, 2.05) is 17.8 Å². The minimum absolute atomic E-state index is 0.0831. The van der Waals surface area contributed by atoms with Crippen LogP contribution >= 0.6 is 11.8 Å². The lowest BCUT2D eigenvalue weighted by Gasteiger charge is -2.43. The molecule has 22 heavy (non-hydrogen) atoms. The Morgan fingerprint density at radius 1 is 1.45 bits per heavy atom. The Labute approximate surface area is 134 Å². The molecule has 0 aliphatic carbocycles. The van der Waals surface area contributed by atoms with Crippen molar-refractivity contribution in [3.8, 4) is 0 Å². The number of hydrogen-bond acceptors (Lipinski definition) is 5. The van der Waals surface area contributed by atoms with Crippen molar-refractivity contribution in [2.75, 3.05) is 44.4 Å². The van der Waals surface area contributed by atoms with E-state index < -0.39 is 0 Å². The number of urea groups is 1. The Kier molecular flexibility index (Phi) is 5.22. The van der Waals surface area contributed by atoms with Gasteiger partial charge in [-0.2, -0.15) is 16.9 Å². The topological polar surface area (TPSA) is 82.3 Å². The molecule has 1 aromatic heterocycles. The van der Waals surface area contributed by atoms with Crippen molar-refractivity contribution in [2.24, 2.45) is 0 Å². The highest BCUT2D eigenvalue weighted by atomic mass is 32.2. The predicted molar refractivity (Wildman–Crippen MR) is 85.9 cm³/mol. The lowest BCUT2D eigenvalue weighted by atomic mass is 9.95. The summed E-state index contributed by atoms with van der Waals surface area (Å²) in [7, 11) is 0. The first-order chi connectivity index (χ1) is 10.8. The standard InChI is InChI=1S/C14H23N5O2S/c20-13(15-9-12-1-3-17-18-12)16-10-14(2-8-22-11-14)19-4-6-21-7-5-19/h1,3H,2,4-11H2,(H,17,18)(H2,15,16,20)/t14-/m0/s1. The smallest absolute Gasteiger partial charge is 0.315 e. The molecule has 0 bridgehead atoms. The van der Waals surface area contributed by atoms with Crippen molar-refractivity contribution >= 4 is 17.8 Å². The molecule has 2 amide bonds. The summed E-state index contributed by atoms with van der Waals surface area (Å²) in [6.45, 7) is 4.65. The van der Waals surface area contributed by atoms with E-state index >= 15 is 0 Å². The van der Waals surface area contributed by atoms with Gasteiger partial charge in [-0.3, -0.25) is 10.00 Å². The Morgan fingerprint density at radius 2 is 2.32 bits per heavy atom. The zero-order chi connectivity index (χ0) is 15.3. The normalized spacial score (nSPS) is 26.0. The summed E-state index contributed by atoms with van der Waals surface area (Å²) in [4.78, 5) is 14.5. The van der Waals surface area contributed by atoms with Crippen LogP contribution in [0.3, 0.4) is 0 Å². The van der Waals surface area contributed by atoms with Gasteiger partial charge in [0.1, 0.15) is 0 Å². The van der Waals surface area contributed by atoms with Crippen LogP contribution in [0.25, 0.3) is 0 Å². The Bertz CT molecular complexity index is 470. The maximum absolute atomic E-state index is 12.0. The molecule has 0 saturated carbocycles. The van der Waals surface area contributed by atoms with Gasteiger partial charge < -0.3 is 15.4 Å². The third-order valence-corrected chi connectivity index (χ3v) is 5.57. The van der Waals surface area contributed by atoms with E-state index in [0.29, 0.717) is 13.1 Å². The number of rotatable bonds is 5. The first-order valence-corrected chi connectivity index (χ1v) is 8.84. The molecule has 2 fully saturated rings. The maximum Gasteiger partial charge on any atom is 0.315 e. The van der Waals surface area contributed by atoms with Crippen molar-refractivity contribution in [3.05, 3.63) is 18.0 Å². The molecule has 1 atom stereocenters. The molecule has 0 aromatic carbocycles. The van der Waals surface area contributed by atoms with E-state index in [2.05, 4.69) is 25.7 Å². The molecule has 3 heterocycles. The molecule has 2 saturated heterocycles. The summed E-state index contributed by atoms with van der Waals surface area (Å²) < 4.78 is 5.45. The van der Waals surface area contributed by atoms with Crippen LogP contribution in [0.15, 0.2) is 12.3 Å². The Hall–Kier alpha value is -1.25. The highest BCUT2D eigenvalue weighted by Gasteiger charge is 2.40. The van der Waals surface area contributed by atoms with Crippen molar-refractivity contribution in [1.29, 1.82) is 0 Å². The van der Waals surface area contributed by atoms with Crippen LogP contribution in [0.1, 0.15) is 12.1 Å². The summed E-state index contributed by atoms with van der Waals surface area (Å²) in [5.74, 6) is 2.24. The molecular weight excluding hydrogens is 302 g/mol. The predicted octanol–water partition coefficient (Wildman–Crippen LogP) is 0.417. The fraction of sp³-hybridized carbons (Fsp3) is 0.714. The van der Waals surface area contributed by atoms with Crippen LogP contribution in [0.5, 0.6) is 0 Å². The van der Waals surface area contributed by atoms with Crippen LogP contribution in [0, 0.1) is 0 Å². The lowest BCUT2D eigenvalue weighted by molar-refractivity contribution is -0.0124. The largest absolute Gasteiger partial charge is 0.379 e. The van der Waals surface area contributed by atoms with Gasteiger partial charge in [-0.1, -0.05) is 0 Å². The summed E-state index contributed by atoms with van der Waals surface area (Å²) in [6, 6.07) is 1.72. The molecule has 2 aliphatic rings. The maximum atomic E-state index is 12.0. The fourth-order valence-electron chi connectivity index (χ4n) is 3.00. The molecule has 0 unspecified atom stereocenters. The zero-order valence-electron chi connectivity index (χ0n) is 12.6. The fourth-order valence-corrected chi connectivity index (χ4v) is 4.48. The van der Waals surface area contributed by atoms with Crippen molar-refractivity contribution < 1.29 is 9.53 Å². The van der Waals surface area contributed by atoms with Crippen LogP contribution in [-0.2, 0) is 11.3 Å². The lowest BCUT2D eigenvalue weighted by Crippen LogP contribution is -2.59. The number of aromatic amines is 1. The number of H-pyrrole nitrogens is 1. The second-order valence-electron chi connectivity index (χ2n) is 5.74. The van der Waals surface area contributed by atoms with Crippen LogP contribution < -0.4 is 10.6 Å². The van der Waals surface area contributed by atoms with Crippen molar-refractivity contribution in [2.45, 2.75) is 18.5 Å². The van der Waals surface area contributed by atoms with Crippen LogP contribution in [-0.4, -0.2) is 71.0 Å². The first-order valence-electron chi connectivity index (χ1n) is 7.69. The Morgan fingerprint density at radius 3 is 3.00 bits per heavy atom. The molecule has 122 valence electrons. The van der Waals surface area contributed by atoms with Gasteiger partial charge in [0.2, 0.25) is 0 Å². The second-order valence-corrected chi connectivity index (χ2v) is 6.85. The highest BCUT2D eigenvalue weighted by molar-refractivity contribution is 7.99. The number of nitrogens with one attached hydrogen (secondary N) is 3. The number of aromatic nitrogens is 2. The van der Waals surface area contributed by atoms with E-state index in [1.165, 1.54) is 0 Å². The summed E-state index contributed by atoms with van der Waals surface area (Å²) >= 11 is 1.97. The number of thioether (sulfide) groups is 1.